The van der Waals surface area contributed by atoms with Gasteiger partial charge in [0.25, 0.3) is 0 Å². The number of hydrogen-bond acceptors (Lipinski definition) is 3. The first-order valence-corrected chi connectivity index (χ1v) is 6.78. The molecule has 0 amide bonds. The van der Waals surface area contributed by atoms with Crippen LogP contribution in [0.3, 0.4) is 0 Å². The van der Waals surface area contributed by atoms with E-state index in [-0.39, 0.29) is 12.0 Å². The van der Waals surface area contributed by atoms with Crippen LogP contribution in [-0.4, -0.2) is 24.5 Å². The van der Waals surface area contributed by atoms with Crippen molar-refractivity contribution in [3.05, 3.63) is 60.3 Å². The van der Waals surface area contributed by atoms with Crippen molar-refractivity contribution in [1.29, 1.82) is 0 Å². The highest BCUT2D eigenvalue weighted by Gasteiger charge is 2.27. The minimum absolute atomic E-state index is 0.216. The molecule has 0 saturated carbocycles. The third-order valence-electron chi connectivity index (χ3n) is 3.70. The molecule has 0 radical (unpaired) electrons. The van der Waals surface area contributed by atoms with Crippen molar-refractivity contribution in [2.24, 2.45) is 0 Å². The standard InChI is InChI=1S/C17H17NO2/c1-20-17(19)16(18-10-4-5-11-18)15-9-8-13-6-2-3-7-14(13)12-15/h2-4,6-10,12,16H,5,11H2,1H3/t16-/m1/s1. The van der Waals surface area contributed by atoms with E-state index in [1.54, 1.807) is 0 Å². The Morgan fingerprint density at radius 1 is 1.20 bits per heavy atom. The Kier molecular flexibility index (Phi) is 3.42. The van der Waals surface area contributed by atoms with Crippen LogP contribution in [0, 0.1) is 0 Å². The predicted octanol–water partition coefficient (Wildman–Crippen LogP) is 3.27. The highest BCUT2D eigenvalue weighted by Crippen LogP contribution is 2.28. The highest BCUT2D eigenvalue weighted by atomic mass is 16.5. The first-order valence-electron chi connectivity index (χ1n) is 6.78. The number of ether oxygens (including phenoxy) is 1. The summed E-state index contributed by atoms with van der Waals surface area (Å²) in [5, 5.41) is 2.32. The lowest BCUT2D eigenvalue weighted by Crippen LogP contribution is -2.29. The number of carbonyl (C=O) groups excluding carboxylic acids is 1. The summed E-state index contributed by atoms with van der Waals surface area (Å²) in [5.41, 5.74) is 0.974. The van der Waals surface area contributed by atoms with Gasteiger partial charge >= 0.3 is 5.97 Å². The van der Waals surface area contributed by atoms with Crippen LogP contribution in [-0.2, 0) is 9.53 Å². The van der Waals surface area contributed by atoms with Crippen molar-refractivity contribution >= 4 is 16.7 Å². The van der Waals surface area contributed by atoms with Gasteiger partial charge in [-0.25, -0.2) is 4.79 Å². The van der Waals surface area contributed by atoms with Crippen molar-refractivity contribution in [2.75, 3.05) is 13.7 Å². The van der Waals surface area contributed by atoms with Crippen molar-refractivity contribution < 1.29 is 9.53 Å². The van der Waals surface area contributed by atoms with Crippen LogP contribution in [0.4, 0.5) is 0 Å². The molecule has 0 bridgehead atoms. The van der Waals surface area contributed by atoms with Crippen LogP contribution in [0.1, 0.15) is 18.0 Å². The first-order chi connectivity index (χ1) is 9.79. The molecule has 0 saturated heterocycles. The summed E-state index contributed by atoms with van der Waals surface area (Å²) in [4.78, 5) is 14.2. The van der Waals surface area contributed by atoms with Crippen LogP contribution < -0.4 is 0 Å². The molecule has 3 rings (SSSR count). The van der Waals surface area contributed by atoms with Crippen LogP contribution in [0.15, 0.2) is 54.7 Å². The molecule has 3 heteroatoms. The Balaban J connectivity index is 2.03. The molecule has 3 nitrogen and oxygen atoms in total. The van der Waals surface area contributed by atoms with Gasteiger partial charge in [0, 0.05) is 6.54 Å². The molecule has 1 heterocycles. The predicted molar refractivity (Wildman–Crippen MR) is 79.2 cm³/mol. The molecule has 2 aromatic rings. The minimum atomic E-state index is -0.358. The third-order valence-corrected chi connectivity index (χ3v) is 3.70. The number of benzene rings is 2. The van der Waals surface area contributed by atoms with Crippen LogP contribution in [0.25, 0.3) is 10.8 Å². The summed E-state index contributed by atoms with van der Waals surface area (Å²) in [6.45, 7) is 0.854. The monoisotopic (exact) mass is 267 g/mol. The zero-order valence-electron chi connectivity index (χ0n) is 11.5. The van der Waals surface area contributed by atoms with E-state index in [9.17, 15) is 4.79 Å². The second kappa shape index (κ2) is 5.37. The fourth-order valence-electron chi connectivity index (χ4n) is 2.68. The molecule has 20 heavy (non-hydrogen) atoms. The molecule has 1 aliphatic heterocycles. The summed E-state index contributed by atoms with van der Waals surface area (Å²) in [7, 11) is 1.44. The number of methoxy groups -OCH3 is 1. The Bertz CT molecular complexity index is 663. The normalized spacial score (nSPS) is 15.6. The average Bonchev–Trinajstić information content (AvgIpc) is 3.01. The van der Waals surface area contributed by atoms with Gasteiger partial charge in [-0.15, -0.1) is 0 Å². The summed E-state index contributed by atoms with van der Waals surface area (Å²) in [6.07, 6.45) is 5.04. The number of carbonyl (C=O) groups is 1. The molecule has 1 atom stereocenters. The molecule has 0 spiro atoms. The molecule has 2 aromatic carbocycles. The first kappa shape index (κ1) is 12.7. The number of nitrogens with zero attached hydrogens (tertiary/aromatic N) is 1. The lowest BCUT2D eigenvalue weighted by molar-refractivity contribution is -0.146. The molecular formula is C17H17NO2. The van der Waals surface area contributed by atoms with Gasteiger partial charge in [0.1, 0.15) is 0 Å². The van der Waals surface area contributed by atoms with E-state index in [0.717, 1.165) is 23.9 Å². The molecule has 0 N–H and O–H groups in total. The van der Waals surface area contributed by atoms with Crippen molar-refractivity contribution in [3.8, 4) is 0 Å². The minimum Gasteiger partial charge on any atom is -0.467 e. The van der Waals surface area contributed by atoms with Gasteiger partial charge in [0.15, 0.2) is 6.04 Å². The van der Waals surface area contributed by atoms with Gasteiger partial charge in [-0.3, -0.25) is 0 Å². The maximum atomic E-state index is 12.1. The van der Waals surface area contributed by atoms with Crippen LogP contribution in [0.2, 0.25) is 0 Å². The molecule has 0 unspecified atom stereocenters. The van der Waals surface area contributed by atoms with E-state index in [1.165, 1.54) is 12.5 Å². The van der Waals surface area contributed by atoms with Gasteiger partial charge in [0.05, 0.1) is 7.11 Å². The van der Waals surface area contributed by atoms with Crippen molar-refractivity contribution in [3.63, 3.8) is 0 Å². The fraction of sp³-hybridized carbons (Fsp3) is 0.235. The zero-order valence-corrected chi connectivity index (χ0v) is 11.5. The van der Waals surface area contributed by atoms with Gasteiger partial charge in [-0.2, -0.15) is 0 Å². The number of esters is 1. The number of fused-ring (bicyclic) bond motifs is 1. The zero-order chi connectivity index (χ0) is 13.9. The van der Waals surface area contributed by atoms with Crippen LogP contribution >= 0.6 is 0 Å². The van der Waals surface area contributed by atoms with Crippen molar-refractivity contribution in [2.45, 2.75) is 12.5 Å². The van der Waals surface area contributed by atoms with E-state index >= 15 is 0 Å². The van der Waals surface area contributed by atoms with E-state index in [4.69, 9.17) is 4.74 Å². The Labute approximate surface area is 118 Å². The summed E-state index contributed by atoms with van der Waals surface area (Å²) in [6, 6.07) is 13.9. The molecule has 0 aromatic heterocycles. The molecule has 102 valence electrons. The van der Waals surface area contributed by atoms with Crippen molar-refractivity contribution in [1.82, 2.24) is 4.90 Å². The molecule has 1 aliphatic rings. The van der Waals surface area contributed by atoms with Gasteiger partial charge in [-0.1, -0.05) is 42.5 Å². The lowest BCUT2D eigenvalue weighted by Gasteiger charge is -2.26. The smallest absolute Gasteiger partial charge is 0.333 e. The lowest BCUT2D eigenvalue weighted by atomic mass is 10.0. The van der Waals surface area contributed by atoms with E-state index in [0.29, 0.717) is 0 Å². The maximum absolute atomic E-state index is 12.1. The number of hydrogen-bond donors (Lipinski definition) is 0. The Morgan fingerprint density at radius 2 is 2.00 bits per heavy atom. The molecule has 0 fully saturated rings. The molecular weight excluding hydrogens is 250 g/mol. The second-order valence-corrected chi connectivity index (χ2v) is 4.94. The Morgan fingerprint density at radius 3 is 2.70 bits per heavy atom. The number of rotatable bonds is 3. The van der Waals surface area contributed by atoms with E-state index < -0.39 is 0 Å². The third kappa shape index (κ3) is 2.27. The quantitative estimate of drug-likeness (QED) is 0.799. The topological polar surface area (TPSA) is 29.5 Å². The van der Waals surface area contributed by atoms with E-state index in [2.05, 4.69) is 30.3 Å². The largest absolute Gasteiger partial charge is 0.467 e. The highest BCUT2D eigenvalue weighted by molar-refractivity contribution is 5.85. The molecule has 0 aliphatic carbocycles. The van der Waals surface area contributed by atoms with Gasteiger partial charge in [0.2, 0.25) is 0 Å². The SMILES string of the molecule is COC(=O)[C@@H](c1ccc2ccccc2c1)N1C=CCC1. The summed E-state index contributed by atoms with van der Waals surface area (Å²) < 4.78 is 4.98. The van der Waals surface area contributed by atoms with E-state index in [1.807, 2.05) is 29.3 Å². The van der Waals surface area contributed by atoms with Gasteiger partial charge in [-0.05, 0) is 35.0 Å². The van der Waals surface area contributed by atoms with Crippen LogP contribution in [0.5, 0.6) is 0 Å². The maximum Gasteiger partial charge on any atom is 0.333 e. The summed E-state index contributed by atoms with van der Waals surface area (Å²) in [5.74, 6) is -0.216. The summed E-state index contributed by atoms with van der Waals surface area (Å²) >= 11 is 0. The second-order valence-electron chi connectivity index (χ2n) is 4.94. The van der Waals surface area contributed by atoms with Gasteiger partial charge < -0.3 is 9.64 Å². The average molecular weight is 267 g/mol. The fourth-order valence-corrected chi connectivity index (χ4v) is 2.68. The Hall–Kier alpha value is -2.29.